The van der Waals surface area contributed by atoms with Crippen LogP contribution >= 0.6 is 31.9 Å². The average Bonchev–Trinajstić information content (AvgIpc) is 2.33. The second-order valence-electron chi connectivity index (χ2n) is 3.64. The van der Waals surface area contributed by atoms with Crippen LogP contribution < -0.4 is 10.6 Å². The lowest BCUT2D eigenvalue weighted by atomic mass is 10.2. The molecule has 0 heterocycles. The zero-order valence-corrected chi connectivity index (χ0v) is 13.0. The summed E-state index contributed by atoms with van der Waals surface area (Å²) in [5.74, 6) is -1.11. The fraction of sp³-hybridized carbons (Fsp3) is 0.167. The summed E-state index contributed by atoms with van der Waals surface area (Å²) in [6.45, 7) is 3.45. The standard InChI is InChI=1S/C12H12Br2N2O3/c1-2-3-9(11(17)18)15-12(19)16-10-6-7(13)4-5-8(10)14/h2,4-6,9H,1,3H2,(H,17,18)(H2,15,16,19). The minimum atomic E-state index is -1.11. The Morgan fingerprint density at radius 2 is 2.11 bits per heavy atom. The molecule has 1 aromatic carbocycles. The Labute approximate surface area is 127 Å². The number of nitrogens with one attached hydrogen (secondary N) is 2. The van der Waals surface area contributed by atoms with Crippen molar-refractivity contribution < 1.29 is 14.7 Å². The summed E-state index contributed by atoms with van der Waals surface area (Å²) < 4.78 is 1.49. The molecule has 19 heavy (non-hydrogen) atoms. The molecule has 0 saturated heterocycles. The summed E-state index contributed by atoms with van der Waals surface area (Å²) in [4.78, 5) is 22.6. The molecule has 0 radical (unpaired) electrons. The van der Waals surface area contributed by atoms with Gasteiger partial charge in [0.2, 0.25) is 0 Å². The first-order chi connectivity index (χ1) is 8.93. The zero-order valence-electron chi connectivity index (χ0n) is 9.82. The summed E-state index contributed by atoms with van der Waals surface area (Å²) >= 11 is 6.57. The molecule has 0 spiro atoms. The van der Waals surface area contributed by atoms with Gasteiger partial charge in [-0.15, -0.1) is 6.58 Å². The number of urea groups is 1. The van der Waals surface area contributed by atoms with Crippen molar-refractivity contribution in [3.05, 3.63) is 39.8 Å². The number of amides is 2. The summed E-state index contributed by atoms with van der Waals surface area (Å²) in [5.41, 5.74) is 0.537. The molecule has 1 unspecified atom stereocenters. The highest BCUT2D eigenvalue weighted by Crippen LogP contribution is 2.25. The SMILES string of the molecule is C=CCC(NC(=O)Nc1cc(Br)ccc1Br)C(=O)O. The van der Waals surface area contributed by atoms with Gasteiger partial charge in [-0.2, -0.15) is 0 Å². The predicted molar refractivity (Wildman–Crippen MR) is 80.2 cm³/mol. The third kappa shape index (κ3) is 5.04. The molecule has 1 atom stereocenters. The summed E-state index contributed by atoms with van der Waals surface area (Å²) in [7, 11) is 0. The van der Waals surface area contributed by atoms with Gasteiger partial charge in [-0.3, -0.25) is 0 Å². The van der Waals surface area contributed by atoms with Crippen LogP contribution in [0.2, 0.25) is 0 Å². The highest BCUT2D eigenvalue weighted by atomic mass is 79.9. The molecule has 0 fully saturated rings. The molecule has 0 bridgehead atoms. The van der Waals surface area contributed by atoms with Crippen LogP contribution in [-0.2, 0) is 4.79 Å². The van der Waals surface area contributed by atoms with Crippen LogP contribution in [0.4, 0.5) is 10.5 Å². The molecule has 0 aliphatic rings. The third-order valence-electron chi connectivity index (χ3n) is 2.18. The van der Waals surface area contributed by atoms with E-state index in [4.69, 9.17) is 5.11 Å². The molecular formula is C12H12Br2N2O3. The topological polar surface area (TPSA) is 78.4 Å². The van der Waals surface area contributed by atoms with E-state index in [1.54, 1.807) is 12.1 Å². The number of hydrogen-bond acceptors (Lipinski definition) is 2. The van der Waals surface area contributed by atoms with Crippen molar-refractivity contribution in [2.24, 2.45) is 0 Å². The highest BCUT2D eigenvalue weighted by Gasteiger charge is 2.18. The first-order valence-corrected chi connectivity index (χ1v) is 6.89. The number of benzene rings is 1. The van der Waals surface area contributed by atoms with E-state index in [1.165, 1.54) is 6.08 Å². The minimum absolute atomic E-state index is 0.155. The van der Waals surface area contributed by atoms with Gasteiger partial charge in [-0.1, -0.05) is 22.0 Å². The van der Waals surface area contributed by atoms with Crippen LogP contribution in [-0.4, -0.2) is 23.1 Å². The molecule has 2 amide bonds. The van der Waals surface area contributed by atoms with Crippen LogP contribution in [0.1, 0.15) is 6.42 Å². The fourth-order valence-corrected chi connectivity index (χ4v) is 2.00. The zero-order chi connectivity index (χ0) is 14.4. The maximum atomic E-state index is 11.7. The second-order valence-corrected chi connectivity index (χ2v) is 5.41. The second kappa shape index (κ2) is 7.30. The summed E-state index contributed by atoms with van der Waals surface area (Å²) in [5, 5.41) is 13.8. The Kier molecular flexibility index (Phi) is 6.04. The van der Waals surface area contributed by atoms with E-state index in [0.717, 1.165) is 4.47 Å². The molecule has 102 valence electrons. The number of hydrogen-bond donors (Lipinski definition) is 3. The molecule has 3 N–H and O–H groups in total. The van der Waals surface area contributed by atoms with Gasteiger partial charge in [0.05, 0.1) is 5.69 Å². The van der Waals surface area contributed by atoms with E-state index < -0.39 is 18.0 Å². The summed E-state index contributed by atoms with van der Waals surface area (Å²) in [6, 6.07) is 3.69. The summed E-state index contributed by atoms with van der Waals surface area (Å²) in [6.07, 6.45) is 1.59. The van der Waals surface area contributed by atoms with Crippen LogP contribution in [0.15, 0.2) is 39.8 Å². The normalized spacial score (nSPS) is 11.5. The average molecular weight is 392 g/mol. The molecule has 0 aliphatic carbocycles. The lowest BCUT2D eigenvalue weighted by molar-refractivity contribution is -0.139. The van der Waals surface area contributed by atoms with E-state index >= 15 is 0 Å². The van der Waals surface area contributed by atoms with Crippen LogP contribution in [0.3, 0.4) is 0 Å². The van der Waals surface area contributed by atoms with Gasteiger partial charge in [0, 0.05) is 8.95 Å². The minimum Gasteiger partial charge on any atom is -0.480 e. The third-order valence-corrected chi connectivity index (χ3v) is 3.37. The number of anilines is 1. The van der Waals surface area contributed by atoms with Crippen LogP contribution in [0.25, 0.3) is 0 Å². The van der Waals surface area contributed by atoms with Crippen molar-refractivity contribution in [2.45, 2.75) is 12.5 Å². The Morgan fingerprint density at radius 1 is 1.42 bits per heavy atom. The smallest absolute Gasteiger partial charge is 0.326 e. The largest absolute Gasteiger partial charge is 0.480 e. The number of carboxylic acid groups (broad SMARTS) is 1. The van der Waals surface area contributed by atoms with Crippen LogP contribution in [0, 0.1) is 0 Å². The number of carbonyl (C=O) groups excluding carboxylic acids is 1. The number of rotatable bonds is 5. The monoisotopic (exact) mass is 390 g/mol. The van der Waals surface area contributed by atoms with Crippen molar-refractivity contribution >= 4 is 49.5 Å². The van der Waals surface area contributed by atoms with Crippen LogP contribution in [0.5, 0.6) is 0 Å². The first-order valence-electron chi connectivity index (χ1n) is 5.30. The number of aliphatic carboxylic acids is 1. The Balaban J connectivity index is 2.71. The molecule has 5 nitrogen and oxygen atoms in total. The Hall–Kier alpha value is -1.34. The van der Waals surface area contributed by atoms with E-state index in [-0.39, 0.29) is 6.42 Å². The lowest BCUT2D eigenvalue weighted by Gasteiger charge is -2.14. The fourth-order valence-electron chi connectivity index (χ4n) is 1.30. The molecule has 0 aromatic heterocycles. The highest BCUT2D eigenvalue weighted by molar-refractivity contribution is 9.11. The van der Waals surface area contributed by atoms with Crippen molar-refractivity contribution in [3.8, 4) is 0 Å². The number of halogens is 2. The van der Waals surface area contributed by atoms with E-state index in [1.807, 2.05) is 6.07 Å². The maximum absolute atomic E-state index is 11.7. The van der Waals surface area contributed by atoms with Gasteiger partial charge in [-0.05, 0) is 40.5 Å². The van der Waals surface area contributed by atoms with E-state index in [9.17, 15) is 9.59 Å². The van der Waals surface area contributed by atoms with E-state index in [2.05, 4.69) is 49.1 Å². The first kappa shape index (κ1) is 15.7. The number of carbonyl (C=O) groups is 2. The van der Waals surface area contributed by atoms with Gasteiger partial charge in [0.15, 0.2) is 0 Å². The van der Waals surface area contributed by atoms with Gasteiger partial charge in [0.25, 0.3) is 0 Å². The molecule has 7 heteroatoms. The Bertz CT molecular complexity index is 506. The quantitative estimate of drug-likeness (QED) is 0.673. The lowest BCUT2D eigenvalue weighted by Crippen LogP contribution is -2.42. The molecule has 0 aliphatic heterocycles. The molecule has 0 saturated carbocycles. The maximum Gasteiger partial charge on any atom is 0.326 e. The van der Waals surface area contributed by atoms with Crippen molar-refractivity contribution in [2.75, 3.05) is 5.32 Å². The van der Waals surface area contributed by atoms with Crippen molar-refractivity contribution in [1.82, 2.24) is 5.32 Å². The van der Waals surface area contributed by atoms with Gasteiger partial charge in [-0.25, -0.2) is 9.59 Å². The van der Waals surface area contributed by atoms with Gasteiger partial charge >= 0.3 is 12.0 Å². The van der Waals surface area contributed by atoms with Crippen molar-refractivity contribution in [1.29, 1.82) is 0 Å². The predicted octanol–water partition coefficient (Wildman–Crippen LogP) is 3.36. The number of carboxylic acids is 1. The van der Waals surface area contributed by atoms with Gasteiger partial charge in [0.1, 0.15) is 6.04 Å². The van der Waals surface area contributed by atoms with Gasteiger partial charge < -0.3 is 15.7 Å². The van der Waals surface area contributed by atoms with E-state index in [0.29, 0.717) is 10.2 Å². The molecule has 1 rings (SSSR count). The Morgan fingerprint density at radius 3 is 2.68 bits per heavy atom. The molecule has 1 aromatic rings. The molecular weight excluding hydrogens is 380 g/mol. The van der Waals surface area contributed by atoms with Crippen molar-refractivity contribution in [3.63, 3.8) is 0 Å².